The van der Waals surface area contributed by atoms with Gasteiger partial charge in [-0.25, -0.2) is 38.0 Å². The predicted molar refractivity (Wildman–Crippen MR) is 585 cm³/mol. The molecule has 766 valence electrons. The SMILES string of the molecule is C=CC(=O)Nc1cc(Nc2ncc3c(C)cc(-c4cnn(C)c4)n3n2)c(OC)cc1N(C)CCN(C)C.C=CC(=O)Nc1cc(Nc2ncc3ccc(-c4cnc5ccccc5c4)n3n2)c(OC)cc1N1CCC(N(C)C)CC1.C=CC(=O)Nc1cc(Nc2ncc3ccc(C)n3n2)c(OC)cc1N1CCC(N(C)C)CC1.C=CC(=O)Nc1cc(Nc2ncc3ccc(C4CC4)n3n2)c(OC)cc1N1CCC(N(C)C)CC1. The summed E-state index contributed by atoms with van der Waals surface area (Å²) < 4.78 is 32.2. The molecule has 0 unspecified atom stereocenters. The molecule has 8 N–H and O–H groups in total. The van der Waals surface area contributed by atoms with Crippen LogP contribution in [0.5, 0.6) is 23.0 Å². The minimum absolute atomic E-state index is 0.260. The summed E-state index contributed by atoms with van der Waals surface area (Å²) >= 11 is 0. The van der Waals surface area contributed by atoms with Crippen molar-refractivity contribution in [3.05, 3.63) is 232 Å². The molecule has 1 aliphatic carbocycles. The zero-order valence-corrected chi connectivity index (χ0v) is 86.4. The van der Waals surface area contributed by atoms with Crippen LogP contribution >= 0.6 is 0 Å². The van der Waals surface area contributed by atoms with Gasteiger partial charge in [0, 0.05) is 155 Å². The van der Waals surface area contributed by atoms with Crippen LogP contribution in [0.15, 0.2) is 215 Å². The third kappa shape index (κ3) is 24.4. The molecule has 3 aliphatic heterocycles. The smallest absolute Gasteiger partial charge is 0.247 e. The first-order valence-corrected chi connectivity index (χ1v) is 49.0. The zero-order chi connectivity index (χ0) is 104. The molecule has 4 fully saturated rings. The average molecular weight is 1990 g/mol. The van der Waals surface area contributed by atoms with E-state index in [-0.39, 0.29) is 23.6 Å². The van der Waals surface area contributed by atoms with E-state index in [4.69, 9.17) is 34.2 Å². The Labute approximate surface area is 855 Å². The van der Waals surface area contributed by atoms with Gasteiger partial charge in [0.25, 0.3) is 0 Å². The van der Waals surface area contributed by atoms with E-state index in [1.807, 2.05) is 176 Å². The Bertz CT molecular complexity index is 7310. The van der Waals surface area contributed by atoms with Crippen molar-refractivity contribution in [2.24, 2.45) is 7.05 Å². The number of benzene rings is 5. The monoisotopic (exact) mass is 1990 g/mol. The van der Waals surface area contributed by atoms with Crippen molar-refractivity contribution in [2.45, 2.75) is 89.3 Å². The molecule has 3 saturated heterocycles. The molecule has 19 rings (SSSR count). The maximum atomic E-state index is 12.4. The lowest BCUT2D eigenvalue weighted by Crippen LogP contribution is -2.42. The molecule has 0 bridgehead atoms. The largest absolute Gasteiger partial charge is 0.494 e. The van der Waals surface area contributed by atoms with Gasteiger partial charge in [-0.05, 0) is 230 Å². The lowest BCUT2D eigenvalue weighted by atomic mass is 10.0. The van der Waals surface area contributed by atoms with Crippen LogP contribution in [0.4, 0.5) is 92.0 Å². The summed E-state index contributed by atoms with van der Waals surface area (Å²) in [7, 11) is 27.1. The number of nitrogens with zero attached hydrogens (tertiary/aromatic N) is 23. The van der Waals surface area contributed by atoms with Crippen molar-refractivity contribution in [3.8, 4) is 45.5 Å². The van der Waals surface area contributed by atoms with Gasteiger partial charge in [0.05, 0.1) is 167 Å². The standard InChI is InChI=1S/C32H34N8O2.C26H33N9O2.C26H33N7O2.C24H31N7O2/c1-5-31(41)35-26-17-27(30(42-4)18-29(26)39-14-12-23(13-15-39)38(2)3)36-32-34-20-24-10-11-28(40(24)37-32)22-16-21-8-6-7-9-25(21)33-19-22;1-8-25(36)29-19-12-20(24(37-7)13-22(19)33(5)10-9-32(3)4)30-26-27-15-23-17(2)11-21(35(23)31-26)18-14-28-34(6)16-18;1-5-25(34)28-20-14-21(24(35-4)15-23(20)32-12-10-18(11-13-32)31(2)3)29-26-27-16-19-8-9-22(17-6-7-17)33(19)30-26;1-6-23(32)26-19-13-20(27-24-25-15-18-8-7-16(2)31(18)28-24)22(33-5)14-21(19)30-11-9-17(10-12-30)29(3)4/h5-11,16-20,23H,1,12-15H2,2-4H3,(H,35,41)(H,36,37);8,11-16H,1,9-10H2,2-7H3,(H,29,36)(H,30,31);5,8-9,14-18H,1,6-7,10-13H2,2-4H3,(H,28,34)(H,29,30);6-8,13-15,17H,1,9-12H2,2-5H3,(H,26,32)(H,27,28). The fourth-order valence-electron chi connectivity index (χ4n) is 18.5. The van der Waals surface area contributed by atoms with Crippen LogP contribution in [0.1, 0.15) is 74.2 Å². The molecule has 5 aromatic carbocycles. The molecule has 0 radical (unpaired) electrons. The maximum Gasteiger partial charge on any atom is 0.247 e. The number of amides is 4. The number of likely N-dealkylation sites (N-methyl/N-ethyl adjacent to an activating group) is 2. The number of hydrogen-bond donors (Lipinski definition) is 8. The summed E-state index contributed by atoms with van der Waals surface area (Å²) in [6.45, 7) is 25.3. The Morgan fingerprint density at radius 3 is 1.25 bits per heavy atom. The van der Waals surface area contributed by atoms with Crippen LogP contribution in [0.3, 0.4) is 0 Å². The number of para-hydroxylation sites is 1. The number of nitrogens with one attached hydrogen (secondary N) is 8. The average Bonchev–Trinajstić information content (AvgIpc) is 1.67. The van der Waals surface area contributed by atoms with E-state index in [2.05, 4.69) is 210 Å². The molecule has 39 nitrogen and oxygen atoms in total. The highest BCUT2D eigenvalue weighted by atomic mass is 16.5. The number of piperidine rings is 3. The van der Waals surface area contributed by atoms with Gasteiger partial charge in [-0.2, -0.15) is 5.10 Å². The van der Waals surface area contributed by atoms with Crippen LogP contribution < -0.4 is 81.1 Å². The quantitative estimate of drug-likeness (QED) is 0.0177. The highest BCUT2D eigenvalue weighted by molar-refractivity contribution is 6.05. The first kappa shape index (κ1) is 103. The molecule has 10 aromatic heterocycles. The molecule has 4 amide bonds. The Morgan fingerprint density at radius 2 is 0.810 bits per heavy atom. The number of rotatable bonds is 33. The summed E-state index contributed by atoms with van der Waals surface area (Å²) in [5, 5.41) is 49.1. The highest BCUT2D eigenvalue weighted by Crippen LogP contribution is 2.46. The molecular weight excluding hydrogens is 1860 g/mol. The van der Waals surface area contributed by atoms with Crippen molar-refractivity contribution in [3.63, 3.8) is 0 Å². The molecule has 13 heterocycles. The van der Waals surface area contributed by atoms with E-state index in [1.54, 1.807) is 57.9 Å². The van der Waals surface area contributed by atoms with Crippen molar-refractivity contribution >= 4 is 149 Å². The second-order valence-electron chi connectivity index (χ2n) is 37.7. The summed E-state index contributed by atoms with van der Waals surface area (Å²) in [5.41, 5.74) is 20.4. The third-order valence-corrected chi connectivity index (χ3v) is 26.9. The molecule has 147 heavy (non-hydrogen) atoms. The predicted octanol–water partition coefficient (Wildman–Crippen LogP) is 16.1. The van der Waals surface area contributed by atoms with E-state index in [9.17, 15) is 19.2 Å². The molecule has 1 saturated carbocycles. The van der Waals surface area contributed by atoms with E-state index in [0.717, 1.165) is 180 Å². The summed E-state index contributed by atoms with van der Waals surface area (Å²) in [4.78, 5) is 89.6. The Balaban J connectivity index is 0.000000141. The number of aromatic nitrogens is 15. The molecular formula is C108H131N31O8. The number of anilines is 16. The highest BCUT2D eigenvalue weighted by Gasteiger charge is 2.32. The van der Waals surface area contributed by atoms with Gasteiger partial charge in [0.15, 0.2) is 0 Å². The molecule has 4 aliphatic rings. The van der Waals surface area contributed by atoms with Gasteiger partial charge in [0.2, 0.25) is 47.4 Å². The zero-order valence-electron chi connectivity index (χ0n) is 86.4. The van der Waals surface area contributed by atoms with Crippen LogP contribution in [0.25, 0.3) is 55.5 Å². The Hall–Kier alpha value is -16.5. The normalized spacial score (nSPS) is 14.0. The second-order valence-corrected chi connectivity index (χ2v) is 37.7. The summed E-state index contributed by atoms with van der Waals surface area (Å²) in [5.74, 6) is 3.62. The number of hydrogen-bond acceptors (Lipinski definition) is 30. The van der Waals surface area contributed by atoms with Gasteiger partial charge in [0.1, 0.15) is 23.0 Å². The van der Waals surface area contributed by atoms with Crippen LogP contribution in [-0.4, -0.2) is 279 Å². The summed E-state index contributed by atoms with van der Waals surface area (Å²) in [6.07, 6.45) is 26.5. The second kappa shape index (κ2) is 46.5. The van der Waals surface area contributed by atoms with Crippen molar-refractivity contribution in [1.29, 1.82) is 0 Å². The van der Waals surface area contributed by atoms with Crippen LogP contribution in [-0.2, 0) is 26.2 Å². The minimum Gasteiger partial charge on any atom is -0.494 e. The van der Waals surface area contributed by atoms with Gasteiger partial charge < -0.3 is 101 Å². The van der Waals surface area contributed by atoms with Gasteiger partial charge >= 0.3 is 0 Å². The lowest BCUT2D eigenvalue weighted by Gasteiger charge is -2.37. The Kier molecular flexibility index (Phi) is 32.7. The van der Waals surface area contributed by atoms with Crippen molar-refractivity contribution in [2.75, 3.05) is 206 Å². The van der Waals surface area contributed by atoms with Crippen LogP contribution in [0.2, 0.25) is 0 Å². The maximum absolute atomic E-state index is 12.4. The van der Waals surface area contributed by atoms with Crippen LogP contribution in [0, 0.1) is 13.8 Å². The van der Waals surface area contributed by atoms with E-state index in [0.29, 0.717) is 116 Å². The molecule has 0 atom stereocenters. The van der Waals surface area contributed by atoms with Gasteiger partial charge in [-0.1, -0.05) is 44.5 Å². The number of pyridine rings is 1. The fraction of sp³-hybridized carbons (Fsp3) is 0.333. The van der Waals surface area contributed by atoms with Crippen molar-refractivity contribution < 1.29 is 38.1 Å². The molecule has 15 aromatic rings. The van der Waals surface area contributed by atoms with Gasteiger partial charge in [-0.3, -0.25) is 28.8 Å². The topological polar surface area (TPSA) is 379 Å². The molecule has 39 heteroatoms. The third-order valence-electron chi connectivity index (χ3n) is 26.9. The van der Waals surface area contributed by atoms with E-state index < -0.39 is 0 Å². The van der Waals surface area contributed by atoms with Gasteiger partial charge in [-0.15, -0.1) is 20.4 Å². The number of carbonyl (C=O) groups is 4. The van der Waals surface area contributed by atoms with Crippen molar-refractivity contribution in [1.82, 2.24) is 92.8 Å². The number of fused-ring (bicyclic) bond motifs is 5. The lowest BCUT2D eigenvalue weighted by molar-refractivity contribution is -0.112. The fourth-order valence-corrected chi connectivity index (χ4v) is 18.5. The minimum atomic E-state index is -0.306. The number of carbonyl (C=O) groups excluding carboxylic acids is 4. The first-order valence-electron chi connectivity index (χ1n) is 49.0. The Morgan fingerprint density at radius 1 is 0.401 bits per heavy atom. The van der Waals surface area contributed by atoms with E-state index >= 15 is 0 Å². The number of methoxy groups -OCH3 is 4. The first-order chi connectivity index (χ1) is 71.0. The molecule has 0 spiro atoms. The van der Waals surface area contributed by atoms with E-state index in [1.165, 1.54) is 42.8 Å². The number of aryl methyl sites for hydroxylation is 3. The summed E-state index contributed by atoms with van der Waals surface area (Å²) in [6, 6.07) is 41.2. The number of ether oxygens (including phenoxy) is 4.